The van der Waals surface area contributed by atoms with Gasteiger partial charge in [0.2, 0.25) is 18.2 Å². The van der Waals surface area contributed by atoms with Crippen LogP contribution in [0.1, 0.15) is 12.8 Å². The Morgan fingerprint density at radius 3 is 2.33 bits per heavy atom. The van der Waals surface area contributed by atoms with E-state index in [1.54, 1.807) is 0 Å². The van der Waals surface area contributed by atoms with Crippen molar-refractivity contribution in [1.29, 1.82) is 0 Å². The number of carbonyl (C=O) groups is 3. The smallest absolute Gasteiger partial charge is 0.240 e. The molecule has 0 saturated heterocycles. The minimum atomic E-state index is -0.810. The summed E-state index contributed by atoms with van der Waals surface area (Å²) in [5.41, 5.74) is 9.73. The predicted molar refractivity (Wildman–Crippen MR) is 40.6 cm³/mol. The Morgan fingerprint density at radius 2 is 2.00 bits per heavy atom. The van der Waals surface area contributed by atoms with Gasteiger partial charge in [0.25, 0.3) is 0 Å². The standard InChI is InChI=1S/C6H11N3O3/c7-5(11)2-1-4(6(8)12)9-3-10/h3-4H,1-2H2,(H2,7,11)(H2,8,12)(H,9,10). The Balaban J connectivity index is 3.86. The third kappa shape index (κ3) is 4.26. The van der Waals surface area contributed by atoms with Crippen molar-refractivity contribution in [2.45, 2.75) is 18.9 Å². The summed E-state index contributed by atoms with van der Waals surface area (Å²) in [6.07, 6.45) is 0.522. The lowest BCUT2D eigenvalue weighted by Crippen LogP contribution is -2.41. The molecule has 3 amide bonds. The number of hydrogen-bond acceptors (Lipinski definition) is 3. The van der Waals surface area contributed by atoms with Crippen LogP contribution < -0.4 is 16.8 Å². The maximum absolute atomic E-state index is 10.6. The fraction of sp³-hybridized carbons (Fsp3) is 0.500. The Morgan fingerprint density at radius 1 is 1.42 bits per heavy atom. The number of rotatable bonds is 6. The van der Waals surface area contributed by atoms with Crippen molar-refractivity contribution in [2.24, 2.45) is 11.5 Å². The molecule has 0 spiro atoms. The van der Waals surface area contributed by atoms with Crippen LogP contribution in [0.15, 0.2) is 0 Å². The Bertz CT molecular complexity index is 192. The van der Waals surface area contributed by atoms with Crippen LogP contribution in [0.4, 0.5) is 0 Å². The molecule has 1 atom stereocenters. The highest BCUT2D eigenvalue weighted by molar-refractivity contribution is 5.83. The van der Waals surface area contributed by atoms with Gasteiger partial charge in [0, 0.05) is 6.42 Å². The van der Waals surface area contributed by atoms with Crippen molar-refractivity contribution in [2.75, 3.05) is 0 Å². The second kappa shape index (κ2) is 5.11. The molecule has 0 aromatic rings. The van der Waals surface area contributed by atoms with Crippen LogP contribution in [-0.2, 0) is 14.4 Å². The van der Waals surface area contributed by atoms with Crippen molar-refractivity contribution in [1.82, 2.24) is 5.32 Å². The van der Waals surface area contributed by atoms with Crippen molar-refractivity contribution < 1.29 is 14.4 Å². The molecule has 68 valence electrons. The summed E-state index contributed by atoms with van der Waals surface area (Å²) in [7, 11) is 0. The molecule has 0 saturated carbocycles. The van der Waals surface area contributed by atoms with E-state index in [0.717, 1.165) is 0 Å². The molecule has 0 aromatic heterocycles. The van der Waals surface area contributed by atoms with Gasteiger partial charge in [-0.05, 0) is 6.42 Å². The molecule has 0 rings (SSSR count). The third-order valence-corrected chi connectivity index (χ3v) is 1.29. The normalized spacial score (nSPS) is 11.7. The average molecular weight is 173 g/mol. The minimum absolute atomic E-state index is 0.0223. The van der Waals surface area contributed by atoms with Gasteiger partial charge in [0.15, 0.2) is 0 Å². The van der Waals surface area contributed by atoms with Crippen LogP contribution in [0, 0.1) is 0 Å². The number of nitrogens with one attached hydrogen (secondary N) is 1. The van der Waals surface area contributed by atoms with Gasteiger partial charge in [-0.1, -0.05) is 0 Å². The van der Waals surface area contributed by atoms with E-state index in [-0.39, 0.29) is 12.8 Å². The summed E-state index contributed by atoms with van der Waals surface area (Å²) in [4.78, 5) is 30.8. The molecule has 0 heterocycles. The summed E-state index contributed by atoms with van der Waals surface area (Å²) < 4.78 is 0. The molecule has 0 radical (unpaired) electrons. The van der Waals surface area contributed by atoms with Gasteiger partial charge in [-0.2, -0.15) is 0 Å². The van der Waals surface area contributed by atoms with Crippen LogP contribution >= 0.6 is 0 Å². The number of amides is 3. The van der Waals surface area contributed by atoms with Crippen molar-refractivity contribution in [3.63, 3.8) is 0 Å². The topological polar surface area (TPSA) is 115 Å². The lowest BCUT2D eigenvalue weighted by atomic mass is 10.1. The highest BCUT2D eigenvalue weighted by atomic mass is 16.2. The molecule has 0 aliphatic carbocycles. The number of primary amides is 2. The molecule has 1 unspecified atom stereocenters. The Hall–Kier alpha value is -1.59. The highest BCUT2D eigenvalue weighted by Crippen LogP contribution is 1.94. The SMILES string of the molecule is NC(=O)CCC(NC=O)C(N)=O. The quantitative estimate of drug-likeness (QED) is 0.398. The van der Waals surface area contributed by atoms with Crippen molar-refractivity contribution in [3.05, 3.63) is 0 Å². The van der Waals surface area contributed by atoms with Gasteiger partial charge in [-0.25, -0.2) is 0 Å². The molecule has 6 nitrogen and oxygen atoms in total. The van der Waals surface area contributed by atoms with E-state index < -0.39 is 17.9 Å². The zero-order valence-corrected chi connectivity index (χ0v) is 6.45. The Labute approximate surface area is 69.3 Å². The monoisotopic (exact) mass is 173 g/mol. The van der Waals surface area contributed by atoms with Crippen LogP contribution in [0.25, 0.3) is 0 Å². The molecule has 0 aliphatic rings. The number of hydrogen-bond donors (Lipinski definition) is 3. The van der Waals surface area contributed by atoms with E-state index in [9.17, 15) is 14.4 Å². The van der Waals surface area contributed by atoms with E-state index in [4.69, 9.17) is 11.5 Å². The molecule has 12 heavy (non-hydrogen) atoms. The van der Waals surface area contributed by atoms with Crippen LogP contribution in [0.3, 0.4) is 0 Å². The van der Waals surface area contributed by atoms with Crippen molar-refractivity contribution >= 4 is 18.2 Å². The van der Waals surface area contributed by atoms with E-state index >= 15 is 0 Å². The largest absolute Gasteiger partial charge is 0.370 e. The zero-order chi connectivity index (χ0) is 9.56. The minimum Gasteiger partial charge on any atom is -0.370 e. The van der Waals surface area contributed by atoms with Gasteiger partial charge in [0.1, 0.15) is 6.04 Å². The van der Waals surface area contributed by atoms with Crippen LogP contribution in [0.2, 0.25) is 0 Å². The highest BCUT2D eigenvalue weighted by Gasteiger charge is 2.14. The Kier molecular flexibility index (Phi) is 4.43. The maximum atomic E-state index is 10.6. The van der Waals surface area contributed by atoms with E-state index in [0.29, 0.717) is 6.41 Å². The van der Waals surface area contributed by atoms with E-state index in [1.165, 1.54) is 0 Å². The van der Waals surface area contributed by atoms with Gasteiger partial charge in [-0.15, -0.1) is 0 Å². The second-order valence-corrected chi connectivity index (χ2v) is 2.24. The first-order valence-electron chi connectivity index (χ1n) is 3.35. The molecule has 0 bridgehead atoms. The van der Waals surface area contributed by atoms with E-state index in [1.807, 2.05) is 0 Å². The molecule has 0 aromatic carbocycles. The molecule has 0 fully saturated rings. The fourth-order valence-electron chi connectivity index (χ4n) is 0.676. The predicted octanol–water partition coefficient (Wildman–Crippen LogP) is -2.15. The first-order valence-corrected chi connectivity index (χ1v) is 3.35. The molecular formula is C6H11N3O3. The summed E-state index contributed by atoms with van der Waals surface area (Å²) in [5, 5.41) is 2.17. The number of nitrogens with two attached hydrogens (primary N) is 2. The summed E-state index contributed by atoms with van der Waals surface area (Å²) in [6.45, 7) is 0. The average Bonchev–Trinajstić information content (AvgIpc) is 1.96. The van der Waals surface area contributed by atoms with Gasteiger partial charge >= 0.3 is 0 Å². The lowest BCUT2D eigenvalue weighted by Gasteiger charge is -2.09. The molecular weight excluding hydrogens is 162 g/mol. The first kappa shape index (κ1) is 10.4. The van der Waals surface area contributed by atoms with Gasteiger partial charge in [-0.3, -0.25) is 14.4 Å². The zero-order valence-electron chi connectivity index (χ0n) is 6.45. The van der Waals surface area contributed by atoms with Gasteiger partial charge in [0.05, 0.1) is 0 Å². The molecule has 5 N–H and O–H groups in total. The van der Waals surface area contributed by atoms with E-state index in [2.05, 4.69) is 5.32 Å². The number of carbonyl (C=O) groups excluding carboxylic acids is 3. The van der Waals surface area contributed by atoms with Crippen LogP contribution in [0.5, 0.6) is 0 Å². The molecule has 6 heteroatoms. The fourth-order valence-corrected chi connectivity index (χ4v) is 0.676. The second-order valence-electron chi connectivity index (χ2n) is 2.24. The summed E-state index contributed by atoms with van der Waals surface area (Å²) in [6, 6.07) is -0.810. The first-order chi connectivity index (χ1) is 5.57. The summed E-state index contributed by atoms with van der Waals surface area (Å²) in [5.74, 6) is -1.21. The lowest BCUT2D eigenvalue weighted by molar-refractivity contribution is -0.123. The maximum Gasteiger partial charge on any atom is 0.240 e. The molecule has 0 aliphatic heterocycles. The third-order valence-electron chi connectivity index (χ3n) is 1.29. The van der Waals surface area contributed by atoms with Crippen LogP contribution in [-0.4, -0.2) is 24.3 Å². The van der Waals surface area contributed by atoms with Gasteiger partial charge < -0.3 is 16.8 Å². The van der Waals surface area contributed by atoms with Crippen molar-refractivity contribution in [3.8, 4) is 0 Å². The summed E-state index contributed by atoms with van der Waals surface area (Å²) >= 11 is 0.